The Morgan fingerprint density at radius 3 is 2.88 bits per heavy atom. The maximum absolute atomic E-state index is 12.0. The molecule has 1 aromatic carbocycles. The highest BCUT2D eigenvalue weighted by Crippen LogP contribution is 2.39. The van der Waals surface area contributed by atoms with Crippen molar-refractivity contribution < 1.29 is 8.42 Å². The fraction of sp³-hybridized carbons (Fsp3) is 0.438. The third-order valence-corrected chi connectivity index (χ3v) is 7.37. The van der Waals surface area contributed by atoms with Crippen molar-refractivity contribution in [3.63, 3.8) is 0 Å². The normalized spacial score (nSPS) is 24.7. The van der Waals surface area contributed by atoms with Crippen molar-refractivity contribution in [2.75, 3.05) is 22.2 Å². The second kappa shape index (κ2) is 7.02. The summed E-state index contributed by atoms with van der Waals surface area (Å²) in [6.07, 6.45) is 2.14. The van der Waals surface area contributed by atoms with E-state index in [0.29, 0.717) is 5.02 Å². The molecular weight excluding hydrogens is 432 g/mol. The number of hydrogen-bond acceptors (Lipinski definition) is 5. The maximum Gasteiger partial charge on any atom is 0.164 e. The van der Waals surface area contributed by atoms with Crippen LogP contribution in [0.25, 0.3) is 0 Å². The monoisotopic (exact) mass is 448 g/mol. The number of anilines is 1. The highest BCUT2D eigenvalue weighted by Gasteiger charge is 2.47. The smallest absolute Gasteiger partial charge is 0.164 e. The first-order chi connectivity index (χ1) is 11.3. The van der Waals surface area contributed by atoms with Gasteiger partial charge in [0.2, 0.25) is 0 Å². The summed E-state index contributed by atoms with van der Waals surface area (Å²) in [6, 6.07) is 5.28. The van der Waals surface area contributed by atoms with E-state index in [1.165, 1.54) is 5.57 Å². The lowest BCUT2D eigenvalue weighted by molar-refractivity contribution is 0.601. The number of hydrogen-bond donors (Lipinski definition) is 0. The van der Waals surface area contributed by atoms with Crippen LogP contribution in [0.1, 0.15) is 13.8 Å². The average Bonchev–Trinajstić information content (AvgIpc) is 2.91. The molecule has 3 rings (SSSR count). The van der Waals surface area contributed by atoms with Crippen LogP contribution in [0.2, 0.25) is 5.02 Å². The molecule has 2 aliphatic heterocycles. The van der Waals surface area contributed by atoms with E-state index in [-0.39, 0.29) is 23.6 Å². The van der Waals surface area contributed by atoms with Crippen LogP contribution in [0.4, 0.5) is 5.69 Å². The third-order valence-electron chi connectivity index (χ3n) is 3.98. The predicted molar refractivity (Wildman–Crippen MR) is 107 cm³/mol. The van der Waals surface area contributed by atoms with E-state index in [2.05, 4.69) is 35.9 Å². The number of fused-ring (bicyclic) bond motifs is 1. The first kappa shape index (κ1) is 18.3. The quantitative estimate of drug-likeness (QED) is 0.651. The van der Waals surface area contributed by atoms with Crippen molar-refractivity contribution in [1.29, 1.82) is 0 Å². The molecule has 0 bridgehead atoms. The van der Waals surface area contributed by atoms with Crippen LogP contribution >= 0.6 is 39.3 Å². The molecule has 4 nitrogen and oxygen atoms in total. The molecule has 130 valence electrons. The molecule has 1 saturated heterocycles. The van der Waals surface area contributed by atoms with Gasteiger partial charge in [0.15, 0.2) is 15.0 Å². The Hall–Kier alpha value is -0.500. The molecule has 0 N–H and O–H groups in total. The summed E-state index contributed by atoms with van der Waals surface area (Å²) < 4.78 is 24.9. The minimum absolute atomic E-state index is 0.120. The molecule has 2 heterocycles. The van der Waals surface area contributed by atoms with Crippen LogP contribution in [0.3, 0.4) is 0 Å². The molecule has 0 aromatic heterocycles. The Morgan fingerprint density at radius 1 is 1.46 bits per heavy atom. The average molecular weight is 450 g/mol. The minimum atomic E-state index is -3.05. The number of benzene rings is 1. The summed E-state index contributed by atoms with van der Waals surface area (Å²) >= 11 is 11.5. The Kier molecular flexibility index (Phi) is 5.35. The molecule has 0 saturated carbocycles. The zero-order chi connectivity index (χ0) is 17.5. The topological polar surface area (TPSA) is 49.7 Å². The van der Waals surface area contributed by atoms with Crippen molar-refractivity contribution in [3.05, 3.63) is 39.3 Å². The van der Waals surface area contributed by atoms with Gasteiger partial charge in [-0.1, -0.05) is 50.9 Å². The summed E-state index contributed by atoms with van der Waals surface area (Å²) in [6.45, 7) is 4.11. The number of allylic oxidation sites excluding steroid dienone is 1. The molecule has 0 amide bonds. The van der Waals surface area contributed by atoms with Gasteiger partial charge < -0.3 is 4.90 Å². The van der Waals surface area contributed by atoms with E-state index in [4.69, 9.17) is 16.6 Å². The number of aliphatic imine (C=N–C) groups is 1. The Bertz CT molecular complexity index is 819. The van der Waals surface area contributed by atoms with Crippen LogP contribution in [-0.4, -0.2) is 42.9 Å². The number of nitrogens with zero attached hydrogens (tertiary/aromatic N) is 2. The first-order valence-corrected chi connectivity index (χ1v) is 11.5. The number of rotatable bonds is 3. The molecule has 0 aliphatic carbocycles. The third kappa shape index (κ3) is 3.84. The van der Waals surface area contributed by atoms with Crippen molar-refractivity contribution in [2.24, 2.45) is 4.99 Å². The molecule has 2 atom stereocenters. The van der Waals surface area contributed by atoms with E-state index in [0.717, 1.165) is 21.1 Å². The van der Waals surface area contributed by atoms with Crippen molar-refractivity contribution in [3.8, 4) is 0 Å². The van der Waals surface area contributed by atoms with Crippen LogP contribution in [0.5, 0.6) is 0 Å². The second-order valence-corrected chi connectivity index (χ2v) is 10.6. The standard InChI is InChI=1S/C16H18BrClN2O2S2/c1-10(2)5-6-23-16-19-13-8-24(21,22)9-15(13)20(16)14-4-3-11(17)7-12(14)18/h3-5,7,13,15H,6,8-9H2,1-2H3/t13-,15+/m1/s1. The van der Waals surface area contributed by atoms with Gasteiger partial charge in [-0.25, -0.2) is 8.42 Å². The number of halogens is 2. The molecule has 0 spiro atoms. The summed E-state index contributed by atoms with van der Waals surface area (Å²) in [5.41, 5.74) is 2.06. The largest absolute Gasteiger partial charge is 0.313 e. The van der Waals surface area contributed by atoms with Crippen LogP contribution in [0, 0.1) is 0 Å². The highest BCUT2D eigenvalue weighted by molar-refractivity contribution is 9.10. The lowest BCUT2D eigenvalue weighted by Crippen LogP contribution is -2.39. The van der Waals surface area contributed by atoms with E-state index in [9.17, 15) is 8.42 Å². The fourth-order valence-electron chi connectivity index (χ4n) is 2.87. The lowest BCUT2D eigenvalue weighted by atomic mass is 10.1. The number of sulfone groups is 1. The predicted octanol–water partition coefficient (Wildman–Crippen LogP) is 4.14. The van der Waals surface area contributed by atoms with Gasteiger partial charge in [0, 0.05) is 10.2 Å². The van der Waals surface area contributed by atoms with Crippen LogP contribution in [-0.2, 0) is 9.84 Å². The molecule has 1 fully saturated rings. The summed E-state index contributed by atoms with van der Waals surface area (Å²) in [5, 5.41) is 1.44. The molecule has 24 heavy (non-hydrogen) atoms. The molecule has 1 aromatic rings. The Labute approximate surface area is 160 Å². The molecule has 8 heteroatoms. The Morgan fingerprint density at radius 2 is 2.21 bits per heavy atom. The number of thioether (sulfide) groups is 1. The van der Waals surface area contributed by atoms with Gasteiger partial charge in [-0.05, 0) is 32.0 Å². The van der Waals surface area contributed by atoms with E-state index in [1.54, 1.807) is 11.8 Å². The summed E-state index contributed by atoms with van der Waals surface area (Å²) in [4.78, 5) is 6.70. The lowest BCUT2D eigenvalue weighted by Gasteiger charge is -2.27. The maximum atomic E-state index is 12.0. The molecule has 2 aliphatic rings. The molecular formula is C16H18BrClN2O2S2. The molecule has 0 radical (unpaired) electrons. The number of amidine groups is 1. The van der Waals surface area contributed by atoms with Crippen LogP contribution < -0.4 is 4.90 Å². The molecule has 0 unspecified atom stereocenters. The van der Waals surface area contributed by atoms with E-state index < -0.39 is 9.84 Å². The van der Waals surface area contributed by atoms with E-state index in [1.807, 2.05) is 23.1 Å². The van der Waals surface area contributed by atoms with Crippen molar-refractivity contribution >= 4 is 60.0 Å². The van der Waals surface area contributed by atoms with Crippen molar-refractivity contribution in [1.82, 2.24) is 0 Å². The van der Waals surface area contributed by atoms with Gasteiger partial charge in [-0.3, -0.25) is 4.99 Å². The first-order valence-electron chi connectivity index (χ1n) is 7.55. The fourth-order valence-corrected chi connectivity index (χ4v) is 6.63. The van der Waals surface area contributed by atoms with Gasteiger partial charge in [0.25, 0.3) is 0 Å². The van der Waals surface area contributed by atoms with Gasteiger partial charge in [-0.15, -0.1) is 0 Å². The Balaban J connectivity index is 1.95. The van der Waals surface area contributed by atoms with Gasteiger partial charge in [-0.2, -0.15) is 0 Å². The minimum Gasteiger partial charge on any atom is -0.313 e. The van der Waals surface area contributed by atoms with Crippen LogP contribution in [0.15, 0.2) is 39.3 Å². The SMILES string of the molecule is CC(C)=CCSC1=N[C@@H]2CS(=O)(=O)C[C@@H]2N1c1ccc(Br)cc1Cl. The zero-order valence-corrected chi connectivity index (χ0v) is 17.3. The van der Waals surface area contributed by atoms with Gasteiger partial charge in [0.1, 0.15) is 0 Å². The zero-order valence-electron chi connectivity index (χ0n) is 13.4. The summed E-state index contributed by atoms with van der Waals surface area (Å²) in [7, 11) is -3.05. The van der Waals surface area contributed by atoms with Gasteiger partial charge >= 0.3 is 0 Å². The highest BCUT2D eigenvalue weighted by atomic mass is 79.9. The van der Waals surface area contributed by atoms with Crippen molar-refractivity contribution in [2.45, 2.75) is 25.9 Å². The summed E-state index contributed by atoms with van der Waals surface area (Å²) in [5.74, 6) is 1.05. The van der Waals surface area contributed by atoms with E-state index >= 15 is 0 Å². The second-order valence-electron chi connectivity index (χ2n) is 6.18. The van der Waals surface area contributed by atoms with Gasteiger partial charge in [0.05, 0.1) is 34.3 Å².